The zero-order chi connectivity index (χ0) is 22.5. The summed E-state index contributed by atoms with van der Waals surface area (Å²) in [5, 5.41) is 0. The first-order chi connectivity index (χ1) is 15.6. The Hall–Kier alpha value is -2.23. The summed E-state index contributed by atoms with van der Waals surface area (Å²) in [7, 11) is 0. The smallest absolute Gasteiger partial charge is 0.166 e. The van der Waals surface area contributed by atoms with Crippen molar-refractivity contribution < 1.29 is 17.9 Å². The van der Waals surface area contributed by atoms with Crippen molar-refractivity contribution in [2.45, 2.75) is 76.5 Å². The van der Waals surface area contributed by atoms with E-state index in [1.54, 1.807) is 18.2 Å². The Bertz CT molecular complexity index is 938. The lowest BCUT2D eigenvalue weighted by atomic mass is 9.78. The molecule has 0 radical (unpaired) electrons. The lowest BCUT2D eigenvalue weighted by Crippen LogP contribution is -2.13. The molecule has 0 atom stereocenters. The molecule has 0 amide bonds. The number of hydrogen-bond donors (Lipinski definition) is 0. The van der Waals surface area contributed by atoms with Crippen LogP contribution in [0.2, 0.25) is 0 Å². The summed E-state index contributed by atoms with van der Waals surface area (Å²) in [4.78, 5) is 0. The second-order valence-corrected chi connectivity index (χ2v) is 9.29. The van der Waals surface area contributed by atoms with Crippen molar-refractivity contribution in [3.8, 4) is 5.75 Å². The molecule has 4 heteroatoms. The number of halogens is 3. The van der Waals surface area contributed by atoms with Gasteiger partial charge in [-0.25, -0.2) is 13.2 Å². The molecule has 2 aromatic carbocycles. The third-order valence-electron chi connectivity index (χ3n) is 7.23. The van der Waals surface area contributed by atoms with Gasteiger partial charge in [0, 0.05) is 11.6 Å². The predicted octanol–water partition coefficient (Wildman–Crippen LogP) is 8.54. The fraction of sp³-hybridized carbons (Fsp3) is 0.500. The second kappa shape index (κ2) is 10.6. The van der Waals surface area contributed by atoms with E-state index in [1.165, 1.54) is 12.5 Å². The number of ether oxygens (including phenoxy) is 1. The Kier molecular flexibility index (Phi) is 7.59. The molecule has 1 nitrogen and oxygen atoms in total. The molecule has 2 aliphatic carbocycles. The van der Waals surface area contributed by atoms with E-state index in [2.05, 4.69) is 0 Å². The number of benzene rings is 2. The van der Waals surface area contributed by atoms with Crippen LogP contribution < -0.4 is 4.74 Å². The Labute approximate surface area is 189 Å². The third-order valence-corrected chi connectivity index (χ3v) is 7.23. The molecule has 0 heterocycles. The molecule has 2 fully saturated rings. The van der Waals surface area contributed by atoms with Crippen LogP contribution in [0, 0.1) is 23.4 Å². The highest BCUT2D eigenvalue weighted by Gasteiger charge is 2.24. The van der Waals surface area contributed by atoms with Crippen LogP contribution in [0.3, 0.4) is 0 Å². The highest BCUT2D eigenvalue weighted by atomic mass is 19.2. The van der Waals surface area contributed by atoms with Gasteiger partial charge in [0.2, 0.25) is 0 Å². The van der Waals surface area contributed by atoms with Crippen molar-refractivity contribution in [3.05, 3.63) is 70.5 Å². The first-order valence-corrected chi connectivity index (χ1v) is 12.1. The van der Waals surface area contributed by atoms with Gasteiger partial charge in [0.15, 0.2) is 11.6 Å². The van der Waals surface area contributed by atoms with E-state index in [9.17, 15) is 13.2 Å². The Balaban J connectivity index is 1.37. The topological polar surface area (TPSA) is 9.23 Å². The quantitative estimate of drug-likeness (QED) is 0.435. The van der Waals surface area contributed by atoms with Crippen molar-refractivity contribution >= 4 is 6.08 Å². The molecular weight excluding hydrogens is 409 g/mol. The zero-order valence-electron chi connectivity index (χ0n) is 18.9. The van der Waals surface area contributed by atoms with Gasteiger partial charge in [-0.2, -0.15) is 0 Å². The fourth-order valence-corrected chi connectivity index (χ4v) is 5.39. The standard InChI is InChI=1S/C28H33F3O/c1-2-32-23-15-17-24(26(29)18-23)21-11-8-19(9-12-21)10-13-22-14-16-25(28(31)27(22)30)20-6-4-3-5-7-20/h10,13-21H,2-9,11-12H2,1H3/b13-10+. The second-order valence-electron chi connectivity index (χ2n) is 9.29. The molecule has 32 heavy (non-hydrogen) atoms. The van der Waals surface area contributed by atoms with Crippen molar-refractivity contribution in [2.75, 3.05) is 6.61 Å². The summed E-state index contributed by atoms with van der Waals surface area (Å²) in [6, 6.07) is 8.65. The highest BCUT2D eigenvalue weighted by Crippen LogP contribution is 2.39. The Morgan fingerprint density at radius 1 is 0.812 bits per heavy atom. The van der Waals surface area contributed by atoms with Crippen LogP contribution >= 0.6 is 0 Å². The monoisotopic (exact) mass is 442 g/mol. The predicted molar refractivity (Wildman–Crippen MR) is 123 cm³/mol. The van der Waals surface area contributed by atoms with Gasteiger partial charge >= 0.3 is 0 Å². The van der Waals surface area contributed by atoms with Gasteiger partial charge in [-0.15, -0.1) is 0 Å². The maximum Gasteiger partial charge on any atom is 0.166 e. The van der Waals surface area contributed by atoms with Crippen LogP contribution in [0.4, 0.5) is 13.2 Å². The molecule has 0 aliphatic heterocycles. The summed E-state index contributed by atoms with van der Waals surface area (Å²) in [5.74, 6) is -0.394. The summed E-state index contributed by atoms with van der Waals surface area (Å²) in [6.45, 7) is 2.40. The number of hydrogen-bond acceptors (Lipinski definition) is 1. The molecule has 2 saturated carbocycles. The summed E-state index contributed by atoms with van der Waals surface area (Å²) < 4.78 is 49.3. The van der Waals surface area contributed by atoms with Crippen LogP contribution in [-0.2, 0) is 0 Å². The maximum atomic E-state index is 14.7. The van der Waals surface area contributed by atoms with Gasteiger partial charge in [0.05, 0.1) is 6.61 Å². The maximum absolute atomic E-state index is 14.7. The van der Waals surface area contributed by atoms with E-state index in [1.807, 2.05) is 25.1 Å². The molecule has 0 spiro atoms. The van der Waals surface area contributed by atoms with Gasteiger partial charge in [-0.1, -0.05) is 49.6 Å². The van der Waals surface area contributed by atoms with Crippen molar-refractivity contribution in [1.82, 2.24) is 0 Å². The molecule has 0 N–H and O–H groups in total. The van der Waals surface area contributed by atoms with E-state index in [-0.39, 0.29) is 17.7 Å². The van der Waals surface area contributed by atoms with Gasteiger partial charge in [0.25, 0.3) is 0 Å². The largest absolute Gasteiger partial charge is 0.494 e. The van der Waals surface area contributed by atoms with Crippen LogP contribution in [0.1, 0.15) is 93.2 Å². The minimum Gasteiger partial charge on any atom is -0.494 e. The highest BCUT2D eigenvalue weighted by molar-refractivity contribution is 5.52. The van der Waals surface area contributed by atoms with Gasteiger partial charge in [0.1, 0.15) is 11.6 Å². The summed E-state index contributed by atoms with van der Waals surface area (Å²) >= 11 is 0. The molecule has 0 unspecified atom stereocenters. The van der Waals surface area contributed by atoms with Gasteiger partial charge < -0.3 is 4.74 Å². The van der Waals surface area contributed by atoms with Crippen molar-refractivity contribution in [3.63, 3.8) is 0 Å². The molecule has 0 aromatic heterocycles. The fourth-order valence-electron chi connectivity index (χ4n) is 5.39. The molecule has 4 rings (SSSR count). The first-order valence-electron chi connectivity index (χ1n) is 12.1. The van der Waals surface area contributed by atoms with E-state index in [0.717, 1.165) is 56.9 Å². The minimum atomic E-state index is -0.727. The van der Waals surface area contributed by atoms with Crippen LogP contribution in [-0.4, -0.2) is 6.61 Å². The normalized spacial score (nSPS) is 22.4. The minimum absolute atomic E-state index is 0.148. The molecule has 0 saturated heterocycles. The number of allylic oxidation sites excluding steroid dienone is 1. The average Bonchev–Trinajstić information content (AvgIpc) is 2.81. The lowest BCUT2D eigenvalue weighted by molar-refractivity contribution is 0.336. The molecule has 0 bridgehead atoms. The molecular formula is C28H33F3O. The Morgan fingerprint density at radius 2 is 1.50 bits per heavy atom. The van der Waals surface area contributed by atoms with E-state index in [4.69, 9.17) is 4.74 Å². The van der Waals surface area contributed by atoms with Gasteiger partial charge in [-0.05, 0) is 80.4 Å². The lowest BCUT2D eigenvalue weighted by Gasteiger charge is -2.27. The number of rotatable bonds is 6. The summed E-state index contributed by atoms with van der Waals surface area (Å²) in [6.07, 6.45) is 12.6. The van der Waals surface area contributed by atoms with Crippen LogP contribution in [0.15, 0.2) is 36.4 Å². The molecule has 2 aromatic rings. The Morgan fingerprint density at radius 3 is 2.19 bits per heavy atom. The van der Waals surface area contributed by atoms with E-state index >= 15 is 0 Å². The summed E-state index contributed by atoms with van der Waals surface area (Å²) in [5.41, 5.74) is 1.61. The van der Waals surface area contributed by atoms with Crippen LogP contribution in [0.25, 0.3) is 6.08 Å². The molecule has 172 valence electrons. The van der Waals surface area contributed by atoms with Gasteiger partial charge in [-0.3, -0.25) is 0 Å². The van der Waals surface area contributed by atoms with Crippen LogP contribution in [0.5, 0.6) is 5.75 Å². The molecule has 2 aliphatic rings. The van der Waals surface area contributed by atoms with E-state index < -0.39 is 11.6 Å². The first kappa shape index (κ1) is 22.9. The average molecular weight is 443 g/mol. The van der Waals surface area contributed by atoms with Crippen molar-refractivity contribution in [1.29, 1.82) is 0 Å². The van der Waals surface area contributed by atoms with Crippen molar-refractivity contribution in [2.24, 2.45) is 5.92 Å². The third kappa shape index (κ3) is 5.22. The SMILES string of the molecule is CCOc1ccc(C2CCC(/C=C/c3ccc(C4CCCCC4)c(F)c3F)CC2)c(F)c1. The van der Waals surface area contributed by atoms with E-state index in [0.29, 0.717) is 29.4 Å². The zero-order valence-corrected chi connectivity index (χ0v) is 18.9.